The number of rotatable bonds is 3. The molecule has 2 aromatic heterocycles. The molecule has 2 heterocycles. The molecule has 0 aliphatic carbocycles. The van der Waals surface area contributed by atoms with Gasteiger partial charge in [-0.2, -0.15) is 0 Å². The lowest BCUT2D eigenvalue weighted by molar-refractivity contribution is 0.564. The minimum absolute atomic E-state index is 0.304. The fraction of sp³-hybridized carbons (Fsp3) is 0.455. The van der Waals surface area contributed by atoms with E-state index in [9.17, 15) is 0 Å². The second-order valence-electron chi connectivity index (χ2n) is 3.80. The zero-order chi connectivity index (χ0) is 11.7. The topological polar surface area (TPSA) is 42.2 Å². The lowest BCUT2D eigenvalue weighted by atomic mass is 10.2. The highest BCUT2D eigenvalue weighted by molar-refractivity contribution is 9.10. The van der Waals surface area contributed by atoms with Crippen LogP contribution in [0.2, 0.25) is 0 Å². The first-order valence-corrected chi connectivity index (χ1v) is 6.14. The highest BCUT2D eigenvalue weighted by Crippen LogP contribution is 2.19. The van der Waals surface area contributed by atoms with Crippen molar-refractivity contribution in [3.63, 3.8) is 0 Å². The molecule has 0 fully saturated rings. The van der Waals surface area contributed by atoms with Gasteiger partial charge in [0.2, 0.25) is 0 Å². The summed E-state index contributed by atoms with van der Waals surface area (Å²) in [6.07, 6.45) is 5.01. The quantitative estimate of drug-likeness (QED) is 0.941. The molecule has 4 nitrogen and oxygen atoms in total. The Morgan fingerprint density at radius 2 is 2.19 bits per heavy atom. The molecule has 0 saturated carbocycles. The molecule has 1 unspecified atom stereocenters. The van der Waals surface area contributed by atoms with Crippen molar-refractivity contribution in [1.82, 2.24) is 19.7 Å². The maximum absolute atomic E-state index is 4.61. The molecule has 16 heavy (non-hydrogen) atoms. The van der Waals surface area contributed by atoms with Gasteiger partial charge in [-0.1, -0.05) is 6.92 Å². The molecule has 0 radical (unpaired) electrons. The van der Waals surface area contributed by atoms with Crippen LogP contribution in [0.25, 0.3) is 5.65 Å². The van der Waals surface area contributed by atoms with Crippen molar-refractivity contribution in [2.45, 2.75) is 26.3 Å². The second kappa shape index (κ2) is 4.51. The van der Waals surface area contributed by atoms with Crippen LogP contribution in [0, 0.1) is 6.92 Å². The smallest absolute Gasteiger partial charge is 0.158 e. The molecular weight excluding hydrogens is 268 g/mol. The summed E-state index contributed by atoms with van der Waals surface area (Å²) in [6, 6.07) is 0.304. The van der Waals surface area contributed by atoms with E-state index in [1.54, 1.807) is 0 Å². The van der Waals surface area contributed by atoms with Crippen molar-refractivity contribution in [3.05, 3.63) is 28.4 Å². The van der Waals surface area contributed by atoms with Crippen molar-refractivity contribution < 1.29 is 0 Å². The molecule has 1 atom stereocenters. The van der Waals surface area contributed by atoms with E-state index in [0.29, 0.717) is 6.04 Å². The van der Waals surface area contributed by atoms with Gasteiger partial charge in [-0.25, -0.2) is 9.97 Å². The number of hydrogen-bond acceptors (Lipinski definition) is 3. The van der Waals surface area contributed by atoms with Crippen LogP contribution in [0.15, 0.2) is 17.0 Å². The molecule has 1 N–H and O–H groups in total. The van der Waals surface area contributed by atoms with E-state index in [4.69, 9.17) is 0 Å². The molecule has 0 amide bonds. The largest absolute Gasteiger partial charge is 0.312 e. The fourth-order valence-corrected chi connectivity index (χ4v) is 2.35. The zero-order valence-electron chi connectivity index (χ0n) is 9.66. The van der Waals surface area contributed by atoms with E-state index in [2.05, 4.69) is 44.3 Å². The molecule has 0 aromatic carbocycles. The number of hydrogen-bond donors (Lipinski definition) is 1. The van der Waals surface area contributed by atoms with Gasteiger partial charge in [-0.05, 0) is 36.3 Å². The predicted molar refractivity (Wildman–Crippen MR) is 67.5 cm³/mol. The number of imidazole rings is 1. The molecular formula is C11H15BrN4. The molecule has 2 aromatic rings. The molecule has 5 heteroatoms. The molecule has 0 bridgehead atoms. The number of aromatic nitrogens is 3. The summed E-state index contributed by atoms with van der Waals surface area (Å²) >= 11 is 3.39. The van der Waals surface area contributed by atoms with Crippen molar-refractivity contribution >= 4 is 21.6 Å². The lowest BCUT2D eigenvalue weighted by Crippen LogP contribution is -2.15. The first-order chi connectivity index (χ1) is 7.65. The number of aryl methyl sites for hydroxylation is 1. The second-order valence-corrected chi connectivity index (χ2v) is 4.61. The Morgan fingerprint density at radius 3 is 2.81 bits per heavy atom. The average molecular weight is 283 g/mol. The maximum atomic E-state index is 4.61. The first kappa shape index (κ1) is 11.5. The van der Waals surface area contributed by atoms with Crippen LogP contribution in [0.3, 0.4) is 0 Å². The van der Waals surface area contributed by atoms with Crippen LogP contribution in [0.4, 0.5) is 0 Å². The van der Waals surface area contributed by atoms with Gasteiger partial charge in [-0.3, -0.25) is 0 Å². The SMILES string of the molecule is CCC(NC)c1cn2cc(Br)nc(C)c2n1. The molecule has 2 rings (SSSR count). The van der Waals surface area contributed by atoms with Crippen LogP contribution < -0.4 is 5.32 Å². The van der Waals surface area contributed by atoms with E-state index in [1.165, 1.54) is 0 Å². The molecule has 0 spiro atoms. The Labute approximate surface area is 103 Å². The fourth-order valence-electron chi connectivity index (χ4n) is 1.86. The zero-order valence-corrected chi connectivity index (χ0v) is 11.2. The predicted octanol–water partition coefficient (Wildman–Crippen LogP) is 2.47. The molecule has 86 valence electrons. The van der Waals surface area contributed by atoms with Crippen LogP contribution in [-0.2, 0) is 0 Å². The summed E-state index contributed by atoms with van der Waals surface area (Å²) in [4.78, 5) is 8.95. The summed E-state index contributed by atoms with van der Waals surface area (Å²) in [5.41, 5.74) is 2.92. The third-order valence-electron chi connectivity index (χ3n) is 2.71. The van der Waals surface area contributed by atoms with Crippen LogP contribution in [0.1, 0.15) is 30.8 Å². The third-order valence-corrected chi connectivity index (χ3v) is 3.09. The number of nitrogens with one attached hydrogen (secondary N) is 1. The van der Waals surface area contributed by atoms with Gasteiger partial charge in [0.25, 0.3) is 0 Å². The third kappa shape index (κ3) is 1.97. The average Bonchev–Trinajstić information content (AvgIpc) is 2.63. The van der Waals surface area contributed by atoms with Gasteiger partial charge in [0, 0.05) is 12.4 Å². The summed E-state index contributed by atoms with van der Waals surface area (Å²) in [6.45, 7) is 4.11. The minimum atomic E-state index is 0.304. The summed E-state index contributed by atoms with van der Waals surface area (Å²) in [5.74, 6) is 0. The van der Waals surface area contributed by atoms with Gasteiger partial charge >= 0.3 is 0 Å². The van der Waals surface area contributed by atoms with Crippen LogP contribution >= 0.6 is 15.9 Å². The molecule has 0 saturated heterocycles. The Balaban J connectivity index is 2.55. The van der Waals surface area contributed by atoms with E-state index < -0.39 is 0 Å². The normalized spacial score (nSPS) is 13.2. The van der Waals surface area contributed by atoms with Crippen molar-refractivity contribution in [1.29, 1.82) is 0 Å². The van der Waals surface area contributed by atoms with Crippen molar-refractivity contribution in [2.24, 2.45) is 0 Å². The Kier molecular flexibility index (Phi) is 3.25. The standard InChI is InChI=1S/C11H15BrN4/c1-4-8(13-3)9-5-16-6-10(12)14-7(2)11(16)15-9/h5-6,8,13H,4H2,1-3H3. The van der Waals surface area contributed by atoms with Gasteiger partial charge in [0.05, 0.1) is 17.4 Å². The minimum Gasteiger partial charge on any atom is -0.312 e. The molecule has 0 aliphatic heterocycles. The first-order valence-electron chi connectivity index (χ1n) is 5.34. The van der Waals surface area contributed by atoms with E-state index in [0.717, 1.165) is 28.1 Å². The number of nitrogens with zero attached hydrogens (tertiary/aromatic N) is 3. The maximum Gasteiger partial charge on any atom is 0.158 e. The Morgan fingerprint density at radius 1 is 1.44 bits per heavy atom. The van der Waals surface area contributed by atoms with Gasteiger partial charge in [0.1, 0.15) is 4.60 Å². The van der Waals surface area contributed by atoms with E-state index in [-0.39, 0.29) is 0 Å². The Bertz CT molecular complexity index is 502. The van der Waals surface area contributed by atoms with E-state index >= 15 is 0 Å². The van der Waals surface area contributed by atoms with E-state index in [1.807, 2.05) is 24.6 Å². The number of halogens is 1. The summed E-state index contributed by atoms with van der Waals surface area (Å²) in [5, 5.41) is 3.26. The highest BCUT2D eigenvalue weighted by atomic mass is 79.9. The van der Waals surface area contributed by atoms with Crippen molar-refractivity contribution in [2.75, 3.05) is 7.05 Å². The lowest BCUT2D eigenvalue weighted by Gasteiger charge is -2.09. The van der Waals surface area contributed by atoms with Gasteiger partial charge < -0.3 is 9.72 Å². The van der Waals surface area contributed by atoms with Crippen molar-refractivity contribution in [3.8, 4) is 0 Å². The highest BCUT2D eigenvalue weighted by Gasteiger charge is 2.12. The summed E-state index contributed by atoms with van der Waals surface area (Å²) in [7, 11) is 1.96. The van der Waals surface area contributed by atoms with Crippen LogP contribution in [-0.4, -0.2) is 21.4 Å². The van der Waals surface area contributed by atoms with Gasteiger partial charge in [0.15, 0.2) is 5.65 Å². The summed E-state index contributed by atoms with van der Waals surface area (Å²) < 4.78 is 2.85. The van der Waals surface area contributed by atoms with Gasteiger partial charge in [-0.15, -0.1) is 0 Å². The molecule has 0 aliphatic rings. The number of fused-ring (bicyclic) bond motifs is 1. The monoisotopic (exact) mass is 282 g/mol. The van der Waals surface area contributed by atoms with Crippen LogP contribution in [0.5, 0.6) is 0 Å². The Hall–Kier alpha value is -0.940.